The Morgan fingerprint density at radius 1 is 1.21 bits per heavy atom. The molecule has 2 heterocycles. The highest BCUT2D eigenvalue weighted by Crippen LogP contribution is 2.31. The van der Waals surface area contributed by atoms with Crippen molar-refractivity contribution in [3.05, 3.63) is 53.7 Å². The minimum absolute atomic E-state index is 0.102. The van der Waals surface area contributed by atoms with Crippen molar-refractivity contribution >= 4 is 5.91 Å². The molecule has 1 amide bonds. The van der Waals surface area contributed by atoms with Gasteiger partial charge in [-0.2, -0.15) is 13.2 Å². The van der Waals surface area contributed by atoms with Crippen molar-refractivity contribution in [1.82, 2.24) is 9.88 Å². The molecule has 1 saturated heterocycles. The first-order valence-corrected chi connectivity index (χ1v) is 8.93. The SMILES string of the molecule is CC(C)c1ccc(OCC(=O)N2CC(Oc3cc(C(F)(F)F)ccn3)C2)cc1. The maximum atomic E-state index is 12.7. The molecule has 0 N–H and O–H groups in total. The number of carbonyl (C=O) groups is 1. The van der Waals surface area contributed by atoms with Crippen LogP contribution >= 0.6 is 0 Å². The largest absolute Gasteiger partial charge is 0.484 e. The van der Waals surface area contributed by atoms with E-state index in [4.69, 9.17) is 9.47 Å². The van der Waals surface area contributed by atoms with Gasteiger partial charge in [-0.25, -0.2) is 4.98 Å². The van der Waals surface area contributed by atoms with Crippen LogP contribution in [0.2, 0.25) is 0 Å². The Morgan fingerprint density at radius 3 is 2.50 bits per heavy atom. The number of hydrogen-bond donors (Lipinski definition) is 0. The Balaban J connectivity index is 1.44. The summed E-state index contributed by atoms with van der Waals surface area (Å²) in [5.74, 6) is 0.720. The van der Waals surface area contributed by atoms with Crippen LogP contribution in [0.15, 0.2) is 42.6 Å². The van der Waals surface area contributed by atoms with Gasteiger partial charge in [0.1, 0.15) is 11.9 Å². The molecular weight excluding hydrogens is 373 g/mol. The van der Waals surface area contributed by atoms with Gasteiger partial charge in [-0.15, -0.1) is 0 Å². The molecular formula is C20H21F3N2O3. The lowest BCUT2D eigenvalue weighted by molar-refractivity contribution is -0.142. The van der Waals surface area contributed by atoms with Gasteiger partial charge in [-0.1, -0.05) is 26.0 Å². The summed E-state index contributed by atoms with van der Waals surface area (Å²) in [7, 11) is 0. The lowest BCUT2D eigenvalue weighted by atomic mass is 10.0. The van der Waals surface area contributed by atoms with Crippen molar-refractivity contribution in [1.29, 1.82) is 0 Å². The third-order valence-corrected chi connectivity index (χ3v) is 4.46. The van der Waals surface area contributed by atoms with Crippen LogP contribution in [0, 0.1) is 0 Å². The Hall–Kier alpha value is -2.77. The number of aromatic nitrogens is 1. The standard InChI is InChI=1S/C20H21F3N2O3/c1-13(2)14-3-5-16(6-4-14)27-12-19(26)25-10-17(11-25)28-18-9-15(7-8-24-18)20(21,22)23/h3-9,13,17H,10-12H2,1-2H3. The zero-order valence-electron chi connectivity index (χ0n) is 15.6. The Morgan fingerprint density at radius 2 is 1.89 bits per heavy atom. The first-order valence-electron chi connectivity index (χ1n) is 8.93. The average molecular weight is 394 g/mol. The summed E-state index contributed by atoms with van der Waals surface area (Å²) in [5, 5.41) is 0. The summed E-state index contributed by atoms with van der Waals surface area (Å²) < 4.78 is 49.0. The maximum absolute atomic E-state index is 12.7. The lowest BCUT2D eigenvalue weighted by Gasteiger charge is -2.38. The van der Waals surface area contributed by atoms with Crippen LogP contribution in [0.3, 0.4) is 0 Å². The molecule has 1 aliphatic heterocycles. The molecule has 0 aliphatic carbocycles. The average Bonchev–Trinajstić information content (AvgIpc) is 2.62. The van der Waals surface area contributed by atoms with Gasteiger partial charge in [0.25, 0.3) is 5.91 Å². The van der Waals surface area contributed by atoms with Gasteiger partial charge in [0.15, 0.2) is 6.61 Å². The molecule has 150 valence electrons. The number of halogens is 3. The molecule has 0 spiro atoms. The van der Waals surface area contributed by atoms with Crippen LogP contribution in [0.4, 0.5) is 13.2 Å². The molecule has 5 nitrogen and oxygen atoms in total. The van der Waals surface area contributed by atoms with Gasteiger partial charge in [-0.05, 0) is 29.7 Å². The zero-order valence-corrected chi connectivity index (χ0v) is 15.6. The number of rotatable bonds is 6. The van der Waals surface area contributed by atoms with Crippen molar-refractivity contribution in [2.45, 2.75) is 32.0 Å². The molecule has 8 heteroatoms. The van der Waals surface area contributed by atoms with Gasteiger partial charge in [-0.3, -0.25) is 4.79 Å². The van der Waals surface area contributed by atoms with E-state index in [9.17, 15) is 18.0 Å². The lowest BCUT2D eigenvalue weighted by Crippen LogP contribution is -2.57. The first kappa shape index (κ1) is 20.0. The summed E-state index contributed by atoms with van der Waals surface area (Å²) in [6, 6.07) is 9.30. The third kappa shape index (κ3) is 4.94. The van der Waals surface area contributed by atoms with Crippen molar-refractivity contribution in [3.63, 3.8) is 0 Å². The molecule has 1 aromatic heterocycles. The topological polar surface area (TPSA) is 51.7 Å². The van der Waals surface area contributed by atoms with Crippen LogP contribution < -0.4 is 9.47 Å². The predicted molar refractivity (Wildman–Crippen MR) is 96.3 cm³/mol. The molecule has 0 saturated carbocycles. The summed E-state index contributed by atoms with van der Waals surface area (Å²) >= 11 is 0. The number of amides is 1. The second-order valence-corrected chi connectivity index (χ2v) is 6.93. The highest BCUT2D eigenvalue weighted by Gasteiger charge is 2.34. The van der Waals surface area contributed by atoms with Crippen molar-refractivity contribution in [3.8, 4) is 11.6 Å². The highest BCUT2D eigenvalue weighted by atomic mass is 19.4. The van der Waals surface area contributed by atoms with Crippen molar-refractivity contribution in [2.75, 3.05) is 19.7 Å². The van der Waals surface area contributed by atoms with E-state index in [0.717, 1.165) is 18.3 Å². The van der Waals surface area contributed by atoms with Crippen LogP contribution in [0.5, 0.6) is 11.6 Å². The van der Waals surface area contributed by atoms with E-state index >= 15 is 0 Å². The maximum Gasteiger partial charge on any atom is 0.416 e. The van der Waals surface area contributed by atoms with Crippen LogP contribution in [0.1, 0.15) is 30.9 Å². The number of ether oxygens (including phenoxy) is 2. The summed E-state index contributed by atoms with van der Waals surface area (Å²) in [5.41, 5.74) is 0.367. The van der Waals surface area contributed by atoms with E-state index in [1.54, 1.807) is 0 Å². The number of carbonyl (C=O) groups excluding carboxylic acids is 1. The van der Waals surface area contributed by atoms with E-state index in [-0.39, 0.29) is 37.6 Å². The van der Waals surface area contributed by atoms with E-state index in [0.29, 0.717) is 11.7 Å². The minimum Gasteiger partial charge on any atom is -0.484 e. The van der Waals surface area contributed by atoms with Gasteiger partial charge in [0.05, 0.1) is 18.7 Å². The quantitative estimate of drug-likeness (QED) is 0.746. The van der Waals surface area contributed by atoms with E-state index in [2.05, 4.69) is 18.8 Å². The van der Waals surface area contributed by atoms with Crippen molar-refractivity contribution < 1.29 is 27.4 Å². The van der Waals surface area contributed by atoms with Gasteiger partial charge >= 0.3 is 6.18 Å². The highest BCUT2D eigenvalue weighted by molar-refractivity contribution is 5.78. The number of benzene rings is 1. The van der Waals surface area contributed by atoms with Crippen LogP contribution in [-0.2, 0) is 11.0 Å². The fourth-order valence-corrected chi connectivity index (χ4v) is 2.72. The van der Waals surface area contributed by atoms with E-state index in [1.165, 1.54) is 10.5 Å². The Kier molecular flexibility index (Phi) is 5.76. The number of hydrogen-bond acceptors (Lipinski definition) is 4. The summed E-state index contributed by atoms with van der Waals surface area (Å²) in [4.78, 5) is 17.5. The van der Waals surface area contributed by atoms with Gasteiger partial charge in [0.2, 0.25) is 5.88 Å². The fraction of sp³-hybridized carbons (Fsp3) is 0.400. The second-order valence-electron chi connectivity index (χ2n) is 6.93. The van der Waals surface area contributed by atoms with Crippen LogP contribution in [0.25, 0.3) is 0 Å². The summed E-state index contributed by atoms with van der Waals surface area (Å²) in [6.45, 7) is 4.65. The van der Waals surface area contributed by atoms with Crippen LogP contribution in [-0.4, -0.2) is 41.6 Å². The first-order chi connectivity index (χ1) is 13.2. The van der Waals surface area contributed by atoms with Gasteiger partial charge < -0.3 is 14.4 Å². The number of pyridine rings is 1. The molecule has 1 aliphatic rings. The van der Waals surface area contributed by atoms with E-state index in [1.807, 2.05) is 24.3 Å². The molecule has 3 rings (SSSR count). The second kappa shape index (κ2) is 8.08. The number of alkyl halides is 3. The minimum atomic E-state index is -4.45. The number of likely N-dealkylation sites (tertiary alicyclic amines) is 1. The Labute approximate surface area is 161 Å². The zero-order chi connectivity index (χ0) is 20.3. The fourth-order valence-electron chi connectivity index (χ4n) is 2.72. The normalized spacial score (nSPS) is 14.7. The molecule has 0 radical (unpaired) electrons. The monoisotopic (exact) mass is 394 g/mol. The number of nitrogens with zero attached hydrogens (tertiary/aromatic N) is 2. The summed E-state index contributed by atoms with van der Waals surface area (Å²) in [6.07, 6.45) is -3.78. The molecule has 28 heavy (non-hydrogen) atoms. The molecule has 2 aromatic rings. The molecule has 0 bridgehead atoms. The molecule has 1 fully saturated rings. The predicted octanol–water partition coefficient (Wildman–Crippen LogP) is 3.89. The molecule has 0 unspecified atom stereocenters. The van der Waals surface area contributed by atoms with Crippen molar-refractivity contribution in [2.24, 2.45) is 0 Å². The third-order valence-electron chi connectivity index (χ3n) is 4.46. The van der Waals surface area contributed by atoms with Gasteiger partial charge in [0, 0.05) is 12.3 Å². The Bertz CT molecular complexity index is 816. The molecule has 1 aromatic carbocycles. The smallest absolute Gasteiger partial charge is 0.416 e. The molecule has 0 atom stereocenters. The van der Waals surface area contributed by atoms with E-state index < -0.39 is 11.7 Å².